The van der Waals surface area contributed by atoms with Gasteiger partial charge in [0, 0.05) is 0 Å². The maximum atomic E-state index is 12.8. The molecule has 9 heteroatoms. The normalized spacial score (nSPS) is 13.7. The maximum absolute atomic E-state index is 12.8. The van der Waals surface area contributed by atoms with Gasteiger partial charge in [-0.3, -0.25) is 4.79 Å². The highest BCUT2D eigenvalue weighted by atomic mass is 35.5. The van der Waals surface area contributed by atoms with Crippen LogP contribution in [-0.2, 0) is 11.0 Å². The summed E-state index contributed by atoms with van der Waals surface area (Å²) in [5, 5.41) is 6.60. The molecule has 0 aliphatic heterocycles. The summed E-state index contributed by atoms with van der Waals surface area (Å²) < 4.78 is 39.5. The molecule has 25 heavy (non-hydrogen) atoms. The van der Waals surface area contributed by atoms with Crippen LogP contribution in [0.4, 0.5) is 18.9 Å². The average Bonchev–Trinajstić information content (AvgIpc) is 3.01. The Balaban J connectivity index is 0.00000312. The lowest BCUT2D eigenvalue weighted by Crippen LogP contribution is -2.40. The van der Waals surface area contributed by atoms with E-state index in [4.69, 9.17) is 5.73 Å². The molecule has 5 nitrogen and oxygen atoms in total. The number of carbonyl (C=O) groups excluding carboxylic acids is 1. The molecular weight excluding hydrogens is 357 g/mol. The number of amides is 1. The number of benzene rings is 1. The summed E-state index contributed by atoms with van der Waals surface area (Å²) in [5.41, 5.74) is 5.69. The van der Waals surface area contributed by atoms with Crippen LogP contribution in [0.5, 0.6) is 0 Å². The lowest BCUT2D eigenvalue weighted by molar-refractivity contribution is -0.137. The van der Waals surface area contributed by atoms with E-state index in [0.29, 0.717) is 5.69 Å². The Morgan fingerprint density at radius 1 is 1.40 bits per heavy atom. The fourth-order valence-corrected chi connectivity index (χ4v) is 2.09. The quantitative estimate of drug-likeness (QED) is 0.837. The molecule has 0 saturated carbocycles. The van der Waals surface area contributed by atoms with E-state index in [0.717, 1.165) is 18.6 Å². The highest BCUT2D eigenvalue weighted by Gasteiger charge is 2.30. The molecule has 1 heterocycles. The first-order valence-corrected chi connectivity index (χ1v) is 7.51. The summed E-state index contributed by atoms with van der Waals surface area (Å²) in [4.78, 5) is 12.0. The molecule has 2 aromatic rings. The Kier molecular flexibility index (Phi) is 7.01. The van der Waals surface area contributed by atoms with Crippen LogP contribution in [0.3, 0.4) is 0 Å². The van der Waals surface area contributed by atoms with Gasteiger partial charge in [0.25, 0.3) is 0 Å². The summed E-state index contributed by atoms with van der Waals surface area (Å²) in [6.45, 7) is 3.81. The number of hydrogen-bond acceptors (Lipinski definition) is 3. The van der Waals surface area contributed by atoms with Gasteiger partial charge in [0.05, 0.1) is 35.4 Å². The first-order chi connectivity index (χ1) is 11.2. The van der Waals surface area contributed by atoms with Gasteiger partial charge in [-0.25, -0.2) is 4.68 Å². The van der Waals surface area contributed by atoms with Crippen LogP contribution in [0, 0.1) is 5.92 Å². The predicted octanol–water partition coefficient (Wildman–Crippen LogP) is 3.62. The van der Waals surface area contributed by atoms with E-state index >= 15 is 0 Å². The number of halogens is 4. The van der Waals surface area contributed by atoms with Crippen LogP contribution in [-0.4, -0.2) is 21.7 Å². The number of nitrogens with one attached hydrogen (secondary N) is 1. The van der Waals surface area contributed by atoms with E-state index in [-0.39, 0.29) is 29.9 Å². The van der Waals surface area contributed by atoms with Gasteiger partial charge in [0.15, 0.2) is 0 Å². The van der Waals surface area contributed by atoms with Crippen molar-refractivity contribution < 1.29 is 18.0 Å². The minimum Gasteiger partial charge on any atom is -0.322 e. The van der Waals surface area contributed by atoms with Crippen LogP contribution < -0.4 is 11.1 Å². The fraction of sp³-hybridized carbons (Fsp3) is 0.375. The number of alkyl halides is 3. The number of nitrogens with two attached hydrogens (primary N) is 1. The zero-order chi connectivity index (χ0) is 17.9. The van der Waals surface area contributed by atoms with Crippen molar-refractivity contribution in [3.63, 3.8) is 0 Å². The number of rotatable bonds is 5. The Labute approximate surface area is 149 Å². The van der Waals surface area contributed by atoms with Crippen LogP contribution >= 0.6 is 12.4 Å². The zero-order valence-electron chi connectivity index (χ0n) is 13.7. The molecule has 0 fully saturated rings. The van der Waals surface area contributed by atoms with Crippen molar-refractivity contribution in [3.8, 4) is 5.69 Å². The van der Waals surface area contributed by atoms with Crippen molar-refractivity contribution in [2.24, 2.45) is 11.7 Å². The molecule has 0 bridgehead atoms. The molecule has 2 atom stereocenters. The van der Waals surface area contributed by atoms with Gasteiger partial charge in [-0.1, -0.05) is 26.3 Å². The third-order valence-electron chi connectivity index (χ3n) is 3.85. The van der Waals surface area contributed by atoms with Gasteiger partial charge in [-0.15, -0.1) is 12.4 Å². The van der Waals surface area contributed by atoms with Crippen molar-refractivity contribution in [1.29, 1.82) is 0 Å². The smallest absolute Gasteiger partial charge is 0.322 e. The largest absolute Gasteiger partial charge is 0.416 e. The number of anilines is 1. The molecule has 0 spiro atoms. The first kappa shape index (κ1) is 21.0. The summed E-state index contributed by atoms with van der Waals surface area (Å²) in [5.74, 6) is -0.337. The van der Waals surface area contributed by atoms with Gasteiger partial charge in [0.1, 0.15) is 0 Å². The number of nitrogens with zero attached hydrogens (tertiary/aromatic N) is 2. The van der Waals surface area contributed by atoms with E-state index < -0.39 is 17.8 Å². The van der Waals surface area contributed by atoms with Crippen molar-refractivity contribution in [2.45, 2.75) is 32.5 Å². The molecule has 3 N–H and O–H groups in total. The molecule has 0 aliphatic rings. The molecule has 138 valence electrons. The van der Waals surface area contributed by atoms with Crippen LogP contribution in [0.15, 0.2) is 36.7 Å². The molecule has 1 amide bonds. The summed E-state index contributed by atoms with van der Waals surface area (Å²) in [7, 11) is 0. The molecular formula is C16H20ClF3N4O. The Bertz CT molecular complexity index is 717. The molecule has 0 aliphatic carbocycles. The van der Waals surface area contributed by atoms with Crippen LogP contribution in [0.2, 0.25) is 0 Å². The van der Waals surface area contributed by atoms with Gasteiger partial charge < -0.3 is 11.1 Å². The monoisotopic (exact) mass is 376 g/mol. The lowest BCUT2D eigenvalue weighted by Gasteiger charge is -2.16. The van der Waals surface area contributed by atoms with Crippen LogP contribution in [0.25, 0.3) is 5.69 Å². The minimum absolute atomic E-state index is 0. The molecule has 1 aromatic carbocycles. The van der Waals surface area contributed by atoms with E-state index in [1.54, 1.807) is 0 Å². The van der Waals surface area contributed by atoms with E-state index in [9.17, 15) is 18.0 Å². The fourth-order valence-electron chi connectivity index (χ4n) is 2.09. The molecule has 0 saturated heterocycles. The Morgan fingerprint density at radius 3 is 2.68 bits per heavy atom. The third kappa shape index (κ3) is 5.20. The number of aromatic nitrogens is 2. The number of hydrogen-bond donors (Lipinski definition) is 2. The summed E-state index contributed by atoms with van der Waals surface area (Å²) in [6.07, 6.45) is -0.862. The summed E-state index contributed by atoms with van der Waals surface area (Å²) >= 11 is 0. The molecule has 1 aromatic heterocycles. The highest BCUT2D eigenvalue weighted by Crippen LogP contribution is 2.30. The van der Waals surface area contributed by atoms with E-state index in [1.807, 2.05) is 13.8 Å². The lowest BCUT2D eigenvalue weighted by atomic mass is 9.99. The van der Waals surface area contributed by atoms with Crippen molar-refractivity contribution in [2.75, 3.05) is 5.32 Å². The average molecular weight is 377 g/mol. The zero-order valence-corrected chi connectivity index (χ0v) is 14.6. The van der Waals surface area contributed by atoms with Crippen LogP contribution in [0.1, 0.15) is 25.8 Å². The van der Waals surface area contributed by atoms with Gasteiger partial charge in [0.2, 0.25) is 5.91 Å². The van der Waals surface area contributed by atoms with Crippen molar-refractivity contribution >= 4 is 24.0 Å². The van der Waals surface area contributed by atoms with Gasteiger partial charge >= 0.3 is 6.18 Å². The first-order valence-electron chi connectivity index (χ1n) is 7.51. The Hall–Kier alpha value is -2.06. The summed E-state index contributed by atoms with van der Waals surface area (Å²) in [6, 6.07) is 4.12. The molecule has 2 rings (SSSR count). The predicted molar refractivity (Wildman–Crippen MR) is 91.9 cm³/mol. The van der Waals surface area contributed by atoms with Gasteiger partial charge in [-0.05, 0) is 24.1 Å². The standard InChI is InChI=1S/C16H19F3N4O.ClH/c1-3-10(2)14(20)15(24)22-12-8-21-23(9-12)13-6-4-5-11(7-13)16(17,18)19;/h4-10,14H,3,20H2,1-2H3,(H,22,24);1H. The van der Waals surface area contributed by atoms with Gasteiger partial charge in [-0.2, -0.15) is 18.3 Å². The second kappa shape index (κ2) is 8.35. The van der Waals surface area contributed by atoms with E-state index in [1.165, 1.54) is 29.2 Å². The number of carbonyl (C=O) groups is 1. The van der Waals surface area contributed by atoms with Crippen molar-refractivity contribution in [3.05, 3.63) is 42.2 Å². The highest BCUT2D eigenvalue weighted by molar-refractivity contribution is 5.94. The topological polar surface area (TPSA) is 72.9 Å². The maximum Gasteiger partial charge on any atom is 0.416 e. The SMILES string of the molecule is CCC(C)C(N)C(=O)Nc1cnn(-c2cccc(C(F)(F)F)c2)c1.Cl. The van der Waals surface area contributed by atoms with E-state index in [2.05, 4.69) is 10.4 Å². The van der Waals surface area contributed by atoms with Crippen molar-refractivity contribution in [1.82, 2.24) is 9.78 Å². The minimum atomic E-state index is -4.43. The second-order valence-corrected chi connectivity index (χ2v) is 5.62. The molecule has 0 radical (unpaired) electrons. The Morgan fingerprint density at radius 2 is 2.08 bits per heavy atom. The second-order valence-electron chi connectivity index (χ2n) is 5.62. The molecule has 2 unspecified atom stereocenters. The third-order valence-corrected chi connectivity index (χ3v) is 3.85.